The highest BCUT2D eigenvalue weighted by atomic mass is 32.2. The number of thioether (sulfide) groups is 1. The second-order valence-corrected chi connectivity index (χ2v) is 5.84. The Kier molecular flexibility index (Phi) is 6.65. The summed E-state index contributed by atoms with van der Waals surface area (Å²) in [6, 6.07) is 3.93. The summed E-state index contributed by atoms with van der Waals surface area (Å²) in [7, 11) is 0. The van der Waals surface area contributed by atoms with E-state index in [2.05, 4.69) is 37.8 Å². The normalized spacial score (nSPS) is 14.9. The zero-order valence-corrected chi connectivity index (χ0v) is 11.3. The van der Waals surface area contributed by atoms with E-state index < -0.39 is 0 Å². The van der Waals surface area contributed by atoms with E-state index in [-0.39, 0.29) is 0 Å². The first-order valence-corrected chi connectivity index (χ1v) is 7.12. The summed E-state index contributed by atoms with van der Waals surface area (Å²) in [4.78, 5) is 0. The minimum Gasteiger partial charge on any atom is -0.468 e. The molecule has 2 unspecified atom stereocenters. The molecule has 0 bridgehead atoms. The van der Waals surface area contributed by atoms with Crippen LogP contribution in [0.5, 0.6) is 0 Å². The maximum Gasteiger partial charge on any atom is 0.117 e. The van der Waals surface area contributed by atoms with E-state index in [0.717, 1.165) is 24.8 Å². The standard InChI is InChI=1S/C13H23NOS/c1-4-11(2)10-16-12(3)8-14-9-13-6-5-7-15-13/h5-7,11-12,14H,4,8-10H2,1-3H3. The van der Waals surface area contributed by atoms with Gasteiger partial charge in [-0.15, -0.1) is 0 Å². The lowest BCUT2D eigenvalue weighted by Gasteiger charge is -2.14. The van der Waals surface area contributed by atoms with Crippen molar-refractivity contribution < 1.29 is 4.42 Å². The fraction of sp³-hybridized carbons (Fsp3) is 0.692. The van der Waals surface area contributed by atoms with E-state index in [4.69, 9.17) is 4.42 Å². The van der Waals surface area contributed by atoms with Crippen LogP contribution in [0.4, 0.5) is 0 Å². The van der Waals surface area contributed by atoms with Crippen molar-refractivity contribution in [3.05, 3.63) is 24.2 Å². The van der Waals surface area contributed by atoms with Crippen molar-refractivity contribution in [3.8, 4) is 0 Å². The molecule has 1 rings (SSSR count). The fourth-order valence-electron chi connectivity index (χ4n) is 1.32. The summed E-state index contributed by atoms with van der Waals surface area (Å²) in [5.74, 6) is 3.11. The van der Waals surface area contributed by atoms with E-state index in [1.807, 2.05) is 12.1 Å². The highest BCUT2D eigenvalue weighted by molar-refractivity contribution is 7.99. The van der Waals surface area contributed by atoms with Crippen molar-refractivity contribution in [2.24, 2.45) is 5.92 Å². The van der Waals surface area contributed by atoms with E-state index in [1.54, 1.807) is 6.26 Å². The zero-order valence-electron chi connectivity index (χ0n) is 10.5. The number of nitrogens with one attached hydrogen (secondary N) is 1. The molecule has 0 saturated heterocycles. The fourth-order valence-corrected chi connectivity index (χ4v) is 2.45. The first kappa shape index (κ1) is 13.7. The third kappa shape index (κ3) is 5.61. The summed E-state index contributed by atoms with van der Waals surface area (Å²) >= 11 is 2.05. The van der Waals surface area contributed by atoms with Crippen LogP contribution in [-0.4, -0.2) is 17.5 Å². The van der Waals surface area contributed by atoms with Gasteiger partial charge >= 0.3 is 0 Å². The Labute approximate surface area is 103 Å². The second-order valence-electron chi connectivity index (χ2n) is 4.37. The van der Waals surface area contributed by atoms with Crippen LogP contribution >= 0.6 is 11.8 Å². The SMILES string of the molecule is CCC(C)CSC(C)CNCc1ccco1. The third-order valence-corrected chi connectivity index (χ3v) is 4.17. The maximum atomic E-state index is 5.26. The summed E-state index contributed by atoms with van der Waals surface area (Å²) in [6.45, 7) is 8.73. The van der Waals surface area contributed by atoms with Crippen molar-refractivity contribution in [1.82, 2.24) is 5.32 Å². The molecule has 1 heterocycles. The van der Waals surface area contributed by atoms with Crippen molar-refractivity contribution in [2.75, 3.05) is 12.3 Å². The molecule has 0 saturated carbocycles. The Morgan fingerprint density at radius 2 is 2.25 bits per heavy atom. The van der Waals surface area contributed by atoms with E-state index >= 15 is 0 Å². The van der Waals surface area contributed by atoms with Crippen LogP contribution in [0.15, 0.2) is 22.8 Å². The van der Waals surface area contributed by atoms with Gasteiger partial charge in [-0.25, -0.2) is 0 Å². The molecule has 0 aromatic carbocycles. The molecular formula is C13H23NOS. The average molecular weight is 241 g/mol. The molecule has 0 aliphatic heterocycles. The smallest absolute Gasteiger partial charge is 0.117 e. The Morgan fingerprint density at radius 3 is 2.88 bits per heavy atom. The average Bonchev–Trinajstić information content (AvgIpc) is 2.79. The van der Waals surface area contributed by atoms with Gasteiger partial charge in [0.2, 0.25) is 0 Å². The topological polar surface area (TPSA) is 25.2 Å². The van der Waals surface area contributed by atoms with E-state index in [1.165, 1.54) is 12.2 Å². The monoisotopic (exact) mass is 241 g/mol. The van der Waals surface area contributed by atoms with E-state index in [0.29, 0.717) is 5.25 Å². The van der Waals surface area contributed by atoms with Gasteiger partial charge in [0.25, 0.3) is 0 Å². The molecule has 0 fully saturated rings. The molecule has 2 atom stereocenters. The van der Waals surface area contributed by atoms with Gasteiger partial charge in [-0.05, 0) is 23.8 Å². The van der Waals surface area contributed by atoms with Gasteiger partial charge in [-0.3, -0.25) is 0 Å². The lowest BCUT2D eigenvalue weighted by Crippen LogP contribution is -2.22. The molecule has 16 heavy (non-hydrogen) atoms. The van der Waals surface area contributed by atoms with Gasteiger partial charge < -0.3 is 9.73 Å². The van der Waals surface area contributed by atoms with Gasteiger partial charge in [0.15, 0.2) is 0 Å². The molecule has 92 valence electrons. The molecule has 1 aromatic heterocycles. The van der Waals surface area contributed by atoms with Crippen LogP contribution in [0.25, 0.3) is 0 Å². The Balaban J connectivity index is 2.04. The summed E-state index contributed by atoms with van der Waals surface area (Å²) in [5.41, 5.74) is 0. The first-order chi connectivity index (χ1) is 7.72. The molecule has 0 radical (unpaired) electrons. The maximum absolute atomic E-state index is 5.26. The number of rotatable bonds is 8. The third-order valence-electron chi connectivity index (χ3n) is 2.67. The second kappa shape index (κ2) is 7.80. The molecule has 1 N–H and O–H groups in total. The van der Waals surface area contributed by atoms with Crippen molar-refractivity contribution in [1.29, 1.82) is 0 Å². The lowest BCUT2D eigenvalue weighted by atomic mass is 10.2. The van der Waals surface area contributed by atoms with Crippen molar-refractivity contribution in [2.45, 2.75) is 39.0 Å². The summed E-state index contributed by atoms with van der Waals surface area (Å²) < 4.78 is 5.26. The predicted molar refractivity (Wildman–Crippen MR) is 71.8 cm³/mol. The molecule has 1 aromatic rings. The van der Waals surface area contributed by atoms with Crippen LogP contribution in [0.3, 0.4) is 0 Å². The summed E-state index contributed by atoms with van der Waals surface area (Å²) in [5, 5.41) is 4.09. The Morgan fingerprint density at radius 1 is 1.44 bits per heavy atom. The van der Waals surface area contributed by atoms with Gasteiger partial charge in [0.1, 0.15) is 5.76 Å². The van der Waals surface area contributed by atoms with Crippen molar-refractivity contribution in [3.63, 3.8) is 0 Å². The van der Waals surface area contributed by atoms with Gasteiger partial charge in [0, 0.05) is 11.8 Å². The molecule has 2 nitrogen and oxygen atoms in total. The van der Waals surface area contributed by atoms with E-state index in [9.17, 15) is 0 Å². The largest absolute Gasteiger partial charge is 0.468 e. The number of hydrogen-bond acceptors (Lipinski definition) is 3. The van der Waals surface area contributed by atoms with Crippen LogP contribution in [0, 0.1) is 5.92 Å². The van der Waals surface area contributed by atoms with Crippen LogP contribution < -0.4 is 5.32 Å². The van der Waals surface area contributed by atoms with Crippen LogP contribution in [-0.2, 0) is 6.54 Å². The van der Waals surface area contributed by atoms with Crippen molar-refractivity contribution >= 4 is 11.8 Å². The van der Waals surface area contributed by atoms with Gasteiger partial charge in [-0.2, -0.15) is 11.8 Å². The molecule has 0 spiro atoms. The molecule has 0 aliphatic carbocycles. The van der Waals surface area contributed by atoms with Crippen LogP contribution in [0.2, 0.25) is 0 Å². The Hall–Kier alpha value is -0.410. The molecule has 0 aliphatic rings. The van der Waals surface area contributed by atoms with Gasteiger partial charge in [-0.1, -0.05) is 27.2 Å². The number of hydrogen-bond donors (Lipinski definition) is 1. The highest BCUT2D eigenvalue weighted by Crippen LogP contribution is 2.16. The summed E-state index contributed by atoms with van der Waals surface area (Å²) in [6.07, 6.45) is 3.00. The van der Waals surface area contributed by atoms with Crippen LogP contribution in [0.1, 0.15) is 33.0 Å². The Bertz CT molecular complexity index is 261. The minimum absolute atomic E-state index is 0.670. The molecular weight excluding hydrogens is 218 g/mol. The first-order valence-electron chi connectivity index (χ1n) is 6.07. The lowest BCUT2D eigenvalue weighted by molar-refractivity contribution is 0.484. The number of furan rings is 1. The predicted octanol–water partition coefficient (Wildman–Crippen LogP) is 3.54. The molecule has 3 heteroatoms. The quantitative estimate of drug-likeness (QED) is 0.753. The minimum atomic E-state index is 0.670. The highest BCUT2D eigenvalue weighted by Gasteiger charge is 2.05. The molecule has 0 amide bonds. The van der Waals surface area contributed by atoms with Gasteiger partial charge in [0.05, 0.1) is 12.8 Å². The zero-order chi connectivity index (χ0) is 11.8.